The molecule has 0 atom stereocenters. The van der Waals surface area contributed by atoms with Gasteiger partial charge in [0.2, 0.25) is 5.95 Å². The fourth-order valence-corrected chi connectivity index (χ4v) is 1.51. The van der Waals surface area contributed by atoms with E-state index in [1.54, 1.807) is 0 Å². The summed E-state index contributed by atoms with van der Waals surface area (Å²) in [6.45, 7) is 2.77. The molecule has 5 heteroatoms. The molecule has 1 heterocycles. The van der Waals surface area contributed by atoms with Gasteiger partial charge in [-0.2, -0.15) is 0 Å². The van der Waals surface area contributed by atoms with Crippen molar-refractivity contribution in [3.8, 4) is 0 Å². The Hall–Kier alpha value is -1.65. The molecule has 1 aliphatic carbocycles. The van der Waals surface area contributed by atoms with Crippen LogP contribution in [0.3, 0.4) is 0 Å². The molecule has 0 unspecified atom stereocenters. The van der Waals surface area contributed by atoms with Gasteiger partial charge in [-0.3, -0.25) is 0 Å². The van der Waals surface area contributed by atoms with E-state index in [0.717, 1.165) is 12.5 Å². The number of carboxylic acids is 1. The van der Waals surface area contributed by atoms with Gasteiger partial charge in [-0.15, -0.1) is 0 Å². The van der Waals surface area contributed by atoms with Crippen LogP contribution >= 0.6 is 0 Å². The SMILES string of the molecule is CCc1nc(NCC2CC2)ncc1C(=O)O. The number of nitrogens with one attached hydrogen (secondary N) is 1. The van der Waals surface area contributed by atoms with E-state index in [1.165, 1.54) is 19.0 Å². The fraction of sp³-hybridized carbons (Fsp3) is 0.545. The lowest BCUT2D eigenvalue weighted by atomic mass is 10.2. The zero-order valence-electron chi connectivity index (χ0n) is 9.23. The number of carbonyl (C=O) groups is 1. The highest BCUT2D eigenvalue weighted by molar-refractivity contribution is 5.88. The molecule has 2 N–H and O–H groups in total. The van der Waals surface area contributed by atoms with Crippen molar-refractivity contribution in [2.24, 2.45) is 5.92 Å². The van der Waals surface area contributed by atoms with E-state index in [0.29, 0.717) is 18.1 Å². The molecule has 0 aliphatic heterocycles. The molecule has 16 heavy (non-hydrogen) atoms. The summed E-state index contributed by atoms with van der Waals surface area (Å²) in [4.78, 5) is 19.1. The highest BCUT2D eigenvalue weighted by Crippen LogP contribution is 2.28. The van der Waals surface area contributed by atoms with Gasteiger partial charge in [-0.1, -0.05) is 6.92 Å². The van der Waals surface area contributed by atoms with Gasteiger partial charge < -0.3 is 10.4 Å². The first-order valence-electron chi connectivity index (χ1n) is 5.53. The van der Waals surface area contributed by atoms with Crippen LogP contribution in [0, 0.1) is 5.92 Å². The second-order valence-corrected chi connectivity index (χ2v) is 4.04. The number of rotatable bonds is 5. The third kappa shape index (κ3) is 2.48. The number of carboxylic acid groups (broad SMARTS) is 1. The van der Waals surface area contributed by atoms with E-state index in [9.17, 15) is 4.79 Å². The van der Waals surface area contributed by atoms with E-state index >= 15 is 0 Å². The number of hydrogen-bond acceptors (Lipinski definition) is 4. The summed E-state index contributed by atoms with van der Waals surface area (Å²) in [5.74, 6) is 0.312. The minimum absolute atomic E-state index is 0.194. The summed E-state index contributed by atoms with van der Waals surface area (Å²) < 4.78 is 0. The third-order valence-electron chi connectivity index (χ3n) is 2.68. The maximum atomic E-state index is 10.9. The number of hydrogen-bond donors (Lipinski definition) is 2. The van der Waals surface area contributed by atoms with Crippen molar-refractivity contribution in [3.63, 3.8) is 0 Å². The standard InChI is InChI=1S/C11H15N3O2/c1-2-9-8(10(15)16)6-13-11(14-9)12-5-7-3-4-7/h6-7H,2-5H2,1H3,(H,15,16)(H,12,13,14). The molecule has 0 amide bonds. The minimum Gasteiger partial charge on any atom is -0.478 e. The molecule has 1 saturated carbocycles. The van der Waals surface area contributed by atoms with Gasteiger partial charge >= 0.3 is 5.97 Å². The molecule has 1 aromatic heterocycles. The molecular weight excluding hydrogens is 206 g/mol. The first-order valence-corrected chi connectivity index (χ1v) is 5.53. The molecule has 86 valence electrons. The molecular formula is C11H15N3O2. The summed E-state index contributed by atoms with van der Waals surface area (Å²) in [5.41, 5.74) is 0.778. The van der Waals surface area contributed by atoms with Crippen LogP contribution in [0.5, 0.6) is 0 Å². The molecule has 2 rings (SSSR count). The zero-order valence-corrected chi connectivity index (χ0v) is 9.23. The van der Waals surface area contributed by atoms with Crippen LogP contribution in [0.15, 0.2) is 6.20 Å². The molecule has 5 nitrogen and oxygen atoms in total. The Labute approximate surface area is 93.9 Å². The van der Waals surface area contributed by atoms with Crippen LogP contribution in [-0.2, 0) is 6.42 Å². The Morgan fingerprint density at radius 1 is 1.62 bits per heavy atom. The van der Waals surface area contributed by atoms with Gasteiger partial charge in [0.15, 0.2) is 0 Å². The Balaban J connectivity index is 2.11. The maximum Gasteiger partial charge on any atom is 0.339 e. The number of anilines is 1. The molecule has 0 aromatic carbocycles. The van der Waals surface area contributed by atoms with Crippen LogP contribution in [0.2, 0.25) is 0 Å². The molecule has 1 fully saturated rings. The highest BCUT2D eigenvalue weighted by atomic mass is 16.4. The Morgan fingerprint density at radius 3 is 2.94 bits per heavy atom. The van der Waals surface area contributed by atoms with Crippen molar-refractivity contribution in [2.75, 3.05) is 11.9 Å². The topological polar surface area (TPSA) is 75.1 Å². The maximum absolute atomic E-state index is 10.9. The van der Waals surface area contributed by atoms with Crippen molar-refractivity contribution in [1.29, 1.82) is 0 Å². The molecule has 0 saturated heterocycles. The van der Waals surface area contributed by atoms with Crippen molar-refractivity contribution in [3.05, 3.63) is 17.5 Å². The molecule has 0 bridgehead atoms. The summed E-state index contributed by atoms with van der Waals surface area (Å²) in [5, 5.41) is 12.0. The summed E-state index contributed by atoms with van der Waals surface area (Å²) in [6, 6.07) is 0. The lowest BCUT2D eigenvalue weighted by molar-refractivity contribution is 0.0694. The van der Waals surface area contributed by atoms with E-state index in [-0.39, 0.29) is 5.56 Å². The molecule has 1 aliphatic rings. The van der Waals surface area contributed by atoms with Gasteiger partial charge in [0.25, 0.3) is 0 Å². The Bertz CT molecular complexity index is 402. The largest absolute Gasteiger partial charge is 0.478 e. The smallest absolute Gasteiger partial charge is 0.339 e. The van der Waals surface area contributed by atoms with E-state index in [2.05, 4.69) is 15.3 Å². The molecule has 0 spiro atoms. The molecule has 1 aromatic rings. The number of nitrogens with zero attached hydrogens (tertiary/aromatic N) is 2. The van der Waals surface area contributed by atoms with Crippen molar-refractivity contribution >= 4 is 11.9 Å². The number of aromatic carboxylic acids is 1. The lowest BCUT2D eigenvalue weighted by Crippen LogP contribution is -2.11. The predicted octanol–water partition coefficient (Wildman–Crippen LogP) is 1.56. The van der Waals surface area contributed by atoms with E-state index in [4.69, 9.17) is 5.11 Å². The average Bonchev–Trinajstić information content (AvgIpc) is 3.09. The second kappa shape index (κ2) is 4.47. The average molecular weight is 221 g/mol. The summed E-state index contributed by atoms with van der Waals surface area (Å²) in [6.07, 6.45) is 4.51. The van der Waals surface area contributed by atoms with Crippen molar-refractivity contribution < 1.29 is 9.90 Å². The first-order chi connectivity index (χ1) is 7.70. The van der Waals surface area contributed by atoms with Gasteiger partial charge in [0.05, 0.1) is 11.3 Å². The van der Waals surface area contributed by atoms with Crippen molar-refractivity contribution in [1.82, 2.24) is 9.97 Å². The molecule has 0 radical (unpaired) electrons. The van der Waals surface area contributed by atoms with Crippen LogP contribution in [0.25, 0.3) is 0 Å². The fourth-order valence-electron chi connectivity index (χ4n) is 1.51. The van der Waals surface area contributed by atoms with E-state index in [1.807, 2.05) is 6.92 Å². The quantitative estimate of drug-likeness (QED) is 0.789. The van der Waals surface area contributed by atoms with Crippen LogP contribution in [0.4, 0.5) is 5.95 Å². The highest BCUT2D eigenvalue weighted by Gasteiger charge is 2.21. The zero-order chi connectivity index (χ0) is 11.5. The van der Waals surface area contributed by atoms with Crippen LogP contribution in [0.1, 0.15) is 35.8 Å². The van der Waals surface area contributed by atoms with Gasteiger partial charge in [-0.25, -0.2) is 14.8 Å². The summed E-state index contributed by atoms with van der Waals surface area (Å²) >= 11 is 0. The van der Waals surface area contributed by atoms with E-state index < -0.39 is 5.97 Å². The Kier molecular flexibility index (Phi) is 3.03. The second-order valence-electron chi connectivity index (χ2n) is 4.04. The van der Waals surface area contributed by atoms with Crippen LogP contribution < -0.4 is 5.32 Å². The first kappa shape index (κ1) is 10.9. The minimum atomic E-state index is -0.967. The van der Waals surface area contributed by atoms with Gasteiger partial charge in [0.1, 0.15) is 0 Å². The normalized spacial score (nSPS) is 14.8. The Morgan fingerprint density at radius 2 is 2.38 bits per heavy atom. The lowest BCUT2D eigenvalue weighted by Gasteiger charge is -2.06. The van der Waals surface area contributed by atoms with Gasteiger partial charge in [0, 0.05) is 12.7 Å². The monoisotopic (exact) mass is 221 g/mol. The van der Waals surface area contributed by atoms with Crippen LogP contribution in [-0.4, -0.2) is 27.6 Å². The predicted molar refractivity (Wildman–Crippen MR) is 59.6 cm³/mol. The number of aromatic nitrogens is 2. The summed E-state index contributed by atoms with van der Waals surface area (Å²) in [7, 11) is 0. The van der Waals surface area contributed by atoms with Crippen molar-refractivity contribution in [2.45, 2.75) is 26.2 Å². The van der Waals surface area contributed by atoms with Gasteiger partial charge in [-0.05, 0) is 25.2 Å². The number of aryl methyl sites for hydroxylation is 1. The third-order valence-corrected chi connectivity index (χ3v) is 2.68.